The largest absolute Gasteiger partial charge is 0.504 e. The first-order chi connectivity index (χ1) is 8.99. The lowest BCUT2D eigenvalue weighted by Gasteiger charge is -2.08. The fraction of sp³-hybridized carbons (Fsp3) is 0. The van der Waals surface area contributed by atoms with Crippen LogP contribution >= 0.6 is 23.2 Å². The molecule has 4 nitrogen and oxygen atoms in total. The monoisotopic (exact) mass is 297 g/mol. The molecule has 0 radical (unpaired) electrons. The van der Waals surface area contributed by atoms with Gasteiger partial charge in [0.1, 0.15) is 0 Å². The number of anilines is 1. The molecule has 0 spiro atoms. The summed E-state index contributed by atoms with van der Waals surface area (Å²) in [6, 6.07) is 8.62. The maximum absolute atomic E-state index is 11.9. The summed E-state index contributed by atoms with van der Waals surface area (Å²) in [6.07, 6.45) is 0. The van der Waals surface area contributed by atoms with E-state index in [1.165, 1.54) is 12.1 Å². The zero-order valence-electron chi connectivity index (χ0n) is 9.52. The standard InChI is InChI=1S/C13H9Cl2NO3/c14-8-2-1-3-9(12(8)15)16-13(19)7-4-5-10(17)11(18)6-7/h1-6,17-18H,(H,16,19). The van der Waals surface area contributed by atoms with E-state index >= 15 is 0 Å². The van der Waals surface area contributed by atoms with Crippen LogP contribution in [0.5, 0.6) is 11.5 Å². The van der Waals surface area contributed by atoms with Crippen molar-refractivity contribution in [1.29, 1.82) is 0 Å². The Morgan fingerprint density at radius 3 is 2.47 bits per heavy atom. The van der Waals surface area contributed by atoms with Gasteiger partial charge in [-0.25, -0.2) is 0 Å². The number of carbonyl (C=O) groups is 1. The van der Waals surface area contributed by atoms with E-state index in [1.807, 2.05) is 0 Å². The molecule has 19 heavy (non-hydrogen) atoms. The third-order valence-corrected chi connectivity index (χ3v) is 3.26. The highest BCUT2D eigenvalue weighted by Crippen LogP contribution is 2.30. The zero-order chi connectivity index (χ0) is 14.0. The number of hydrogen-bond acceptors (Lipinski definition) is 3. The molecule has 0 aliphatic heterocycles. The number of nitrogens with one attached hydrogen (secondary N) is 1. The highest BCUT2D eigenvalue weighted by Gasteiger charge is 2.11. The fourth-order valence-electron chi connectivity index (χ4n) is 1.46. The van der Waals surface area contributed by atoms with Crippen molar-refractivity contribution in [3.8, 4) is 11.5 Å². The van der Waals surface area contributed by atoms with Gasteiger partial charge in [-0.1, -0.05) is 29.3 Å². The molecule has 0 atom stereocenters. The molecule has 2 aromatic rings. The lowest BCUT2D eigenvalue weighted by molar-refractivity contribution is 0.102. The molecule has 0 unspecified atom stereocenters. The number of phenolic OH excluding ortho intramolecular Hbond substituents is 2. The Balaban J connectivity index is 2.26. The second-order valence-electron chi connectivity index (χ2n) is 3.76. The normalized spacial score (nSPS) is 10.2. The number of halogens is 2. The van der Waals surface area contributed by atoms with Gasteiger partial charge in [-0.05, 0) is 30.3 Å². The van der Waals surface area contributed by atoms with E-state index in [2.05, 4.69) is 5.32 Å². The Labute approximate surface area is 119 Å². The van der Waals surface area contributed by atoms with Crippen molar-refractivity contribution >= 4 is 34.8 Å². The molecule has 6 heteroatoms. The van der Waals surface area contributed by atoms with Gasteiger partial charge in [0.2, 0.25) is 0 Å². The van der Waals surface area contributed by atoms with Crippen molar-refractivity contribution in [3.05, 3.63) is 52.0 Å². The SMILES string of the molecule is O=C(Nc1cccc(Cl)c1Cl)c1ccc(O)c(O)c1. The Hall–Kier alpha value is -1.91. The van der Waals surface area contributed by atoms with Gasteiger partial charge in [0.15, 0.2) is 11.5 Å². The number of carbonyl (C=O) groups excluding carboxylic acids is 1. The molecule has 0 heterocycles. The molecule has 0 saturated carbocycles. The van der Waals surface area contributed by atoms with Crippen molar-refractivity contribution in [2.24, 2.45) is 0 Å². The van der Waals surface area contributed by atoms with Crippen molar-refractivity contribution in [2.45, 2.75) is 0 Å². The molecule has 0 aromatic heterocycles. The molecule has 2 rings (SSSR count). The fourth-order valence-corrected chi connectivity index (χ4v) is 1.81. The van der Waals surface area contributed by atoms with E-state index in [4.69, 9.17) is 23.2 Å². The van der Waals surface area contributed by atoms with Crippen LogP contribution in [0.1, 0.15) is 10.4 Å². The number of rotatable bonds is 2. The average Bonchev–Trinajstić information content (AvgIpc) is 2.38. The van der Waals surface area contributed by atoms with Gasteiger partial charge in [0.25, 0.3) is 5.91 Å². The van der Waals surface area contributed by atoms with Crippen LogP contribution in [0, 0.1) is 0 Å². The van der Waals surface area contributed by atoms with E-state index in [9.17, 15) is 15.0 Å². The van der Waals surface area contributed by atoms with Gasteiger partial charge in [0, 0.05) is 5.56 Å². The third kappa shape index (κ3) is 2.92. The first kappa shape index (κ1) is 13.5. The van der Waals surface area contributed by atoms with Crippen LogP contribution < -0.4 is 5.32 Å². The molecule has 0 fully saturated rings. The first-order valence-electron chi connectivity index (χ1n) is 5.26. The van der Waals surface area contributed by atoms with Gasteiger partial charge in [-0.3, -0.25) is 4.79 Å². The number of benzene rings is 2. The Kier molecular flexibility index (Phi) is 3.83. The minimum atomic E-state index is -0.473. The number of aromatic hydroxyl groups is 2. The van der Waals surface area contributed by atoms with Crippen LogP contribution in [-0.2, 0) is 0 Å². The van der Waals surface area contributed by atoms with Gasteiger partial charge < -0.3 is 15.5 Å². The van der Waals surface area contributed by atoms with Crippen LogP contribution in [0.4, 0.5) is 5.69 Å². The summed E-state index contributed by atoms with van der Waals surface area (Å²) < 4.78 is 0. The van der Waals surface area contributed by atoms with Crippen LogP contribution in [0.3, 0.4) is 0 Å². The highest BCUT2D eigenvalue weighted by molar-refractivity contribution is 6.44. The second kappa shape index (κ2) is 5.38. The minimum Gasteiger partial charge on any atom is -0.504 e. The summed E-state index contributed by atoms with van der Waals surface area (Å²) >= 11 is 11.8. The molecule has 0 aliphatic carbocycles. The Bertz CT molecular complexity index is 644. The van der Waals surface area contributed by atoms with Crippen LogP contribution in [0.25, 0.3) is 0 Å². The molecule has 0 bridgehead atoms. The molecular formula is C13H9Cl2NO3. The number of hydrogen-bond donors (Lipinski definition) is 3. The highest BCUT2D eigenvalue weighted by atomic mass is 35.5. The number of amides is 1. The van der Waals surface area contributed by atoms with Crippen molar-refractivity contribution in [2.75, 3.05) is 5.32 Å². The lowest BCUT2D eigenvalue weighted by Crippen LogP contribution is -2.12. The molecule has 0 aliphatic rings. The maximum atomic E-state index is 11.9. The molecule has 3 N–H and O–H groups in total. The van der Waals surface area contributed by atoms with Crippen LogP contribution in [0.2, 0.25) is 10.0 Å². The van der Waals surface area contributed by atoms with E-state index in [-0.39, 0.29) is 22.1 Å². The van der Waals surface area contributed by atoms with Gasteiger partial charge in [-0.2, -0.15) is 0 Å². The predicted molar refractivity (Wildman–Crippen MR) is 74.2 cm³/mol. The molecular weight excluding hydrogens is 289 g/mol. The molecule has 1 amide bonds. The first-order valence-corrected chi connectivity index (χ1v) is 6.02. The summed E-state index contributed by atoms with van der Waals surface area (Å²) in [5.74, 6) is -1.14. The molecule has 98 valence electrons. The van der Waals surface area contributed by atoms with Crippen molar-refractivity contribution in [3.63, 3.8) is 0 Å². The van der Waals surface area contributed by atoms with Gasteiger partial charge in [-0.15, -0.1) is 0 Å². The van der Waals surface area contributed by atoms with E-state index in [1.54, 1.807) is 18.2 Å². The van der Waals surface area contributed by atoms with Gasteiger partial charge in [0.05, 0.1) is 15.7 Å². The van der Waals surface area contributed by atoms with Gasteiger partial charge >= 0.3 is 0 Å². The number of phenols is 2. The van der Waals surface area contributed by atoms with Crippen LogP contribution in [-0.4, -0.2) is 16.1 Å². The van der Waals surface area contributed by atoms with E-state index in [0.717, 1.165) is 6.07 Å². The quantitative estimate of drug-likeness (QED) is 0.741. The van der Waals surface area contributed by atoms with E-state index < -0.39 is 5.91 Å². The smallest absolute Gasteiger partial charge is 0.255 e. The lowest BCUT2D eigenvalue weighted by atomic mass is 10.2. The summed E-state index contributed by atoms with van der Waals surface area (Å²) in [7, 11) is 0. The van der Waals surface area contributed by atoms with Crippen molar-refractivity contribution < 1.29 is 15.0 Å². The topological polar surface area (TPSA) is 69.6 Å². The average molecular weight is 298 g/mol. The third-order valence-electron chi connectivity index (χ3n) is 2.44. The summed E-state index contributed by atoms with van der Waals surface area (Å²) in [4.78, 5) is 11.9. The molecule has 0 saturated heterocycles. The summed E-state index contributed by atoms with van der Waals surface area (Å²) in [5, 5.41) is 21.6. The molecule has 2 aromatic carbocycles. The van der Waals surface area contributed by atoms with Crippen molar-refractivity contribution in [1.82, 2.24) is 0 Å². The summed E-state index contributed by atoms with van der Waals surface area (Å²) in [6.45, 7) is 0. The zero-order valence-corrected chi connectivity index (χ0v) is 11.0. The van der Waals surface area contributed by atoms with Crippen LogP contribution in [0.15, 0.2) is 36.4 Å². The Morgan fingerprint density at radius 2 is 1.79 bits per heavy atom. The predicted octanol–water partition coefficient (Wildman–Crippen LogP) is 3.66. The summed E-state index contributed by atoms with van der Waals surface area (Å²) in [5.41, 5.74) is 0.554. The second-order valence-corrected chi connectivity index (χ2v) is 4.54. The van der Waals surface area contributed by atoms with E-state index in [0.29, 0.717) is 10.7 Å². The minimum absolute atomic E-state index is 0.186. The Morgan fingerprint density at radius 1 is 1.05 bits per heavy atom. The maximum Gasteiger partial charge on any atom is 0.255 e.